The van der Waals surface area contributed by atoms with E-state index in [9.17, 15) is 4.79 Å². The van der Waals surface area contributed by atoms with Crippen LogP contribution in [0.5, 0.6) is 0 Å². The minimum absolute atomic E-state index is 0.0412. The van der Waals surface area contributed by atoms with Gasteiger partial charge in [-0.15, -0.1) is 0 Å². The minimum Gasteiger partial charge on any atom is -0.365 e. The molecule has 3 fully saturated rings. The van der Waals surface area contributed by atoms with E-state index < -0.39 is 0 Å². The van der Waals surface area contributed by atoms with Crippen molar-refractivity contribution in [2.24, 2.45) is 5.92 Å². The third-order valence-electron chi connectivity index (χ3n) is 3.33. The second kappa shape index (κ2) is 3.21. The van der Waals surface area contributed by atoms with Crippen LogP contribution in [0.2, 0.25) is 0 Å². The van der Waals surface area contributed by atoms with Gasteiger partial charge in [0.1, 0.15) is 6.61 Å². The molecule has 0 unspecified atom stereocenters. The predicted molar refractivity (Wildman–Crippen MR) is 50.8 cm³/mol. The van der Waals surface area contributed by atoms with Gasteiger partial charge >= 0.3 is 0 Å². The summed E-state index contributed by atoms with van der Waals surface area (Å²) < 4.78 is 5.49. The van der Waals surface area contributed by atoms with E-state index in [1.807, 2.05) is 0 Å². The van der Waals surface area contributed by atoms with Gasteiger partial charge in [0.05, 0.1) is 12.1 Å². The molecule has 1 amide bonds. The lowest BCUT2D eigenvalue weighted by molar-refractivity contribution is -0.134. The fourth-order valence-corrected chi connectivity index (χ4v) is 2.41. The van der Waals surface area contributed by atoms with E-state index in [-0.39, 0.29) is 24.7 Å². The first kappa shape index (κ1) is 8.68. The van der Waals surface area contributed by atoms with Gasteiger partial charge in [0, 0.05) is 19.6 Å². The van der Waals surface area contributed by atoms with Gasteiger partial charge in [-0.25, -0.2) is 0 Å². The molecule has 0 aromatic heterocycles. The van der Waals surface area contributed by atoms with Gasteiger partial charge in [-0.1, -0.05) is 0 Å². The molecule has 1 N–H and O–H groups in total. The molecule has 2 aliphatic heterocycles. The number of carbonyl (C=O) groups excluding carboxylic acids is 1. The number of ether oxygens (including phenoxy) is 1. The molecule has 0 radical (unpaired) electrons. The molecule has 2 atom stereocenters. The van der Waals surface area contributed by atoms with Gasteiger partial charge in [0.25, 0.3) is 0 Å². The number of nitrogens with zero attached hydrogens (tertiary/aromatic N) is 1. The molecule has 2 heterocycles. The van der Waals surface area contributed by atoms with Crippen molar-refractivity contribution < 1.29 is 9.53 Å². The molecule has 4 heteroatoms. The average Bonchev–Trinajstić information content (AvgIpc) is 2.84. The largest absolute Gasteiger partial charge is 0.365 e. The van der Waals surface area contributed by atoms with Crippen molar-refractivity contribution in [1.82, 2.24) is 10.2 Å². The summed E-state index contributed by atoms with van der Waals surface area (Å²) in [5.41, 5.74) is 0. The third-order valence-corrected chi connectivity index (χ3v) is 3.33. The van der Waals surface area contributed by atoms with Crippen LogP contribution in [-0.2, 0) is 9.53 Å². The Hall–Kier alpha value is -0.610. The lowest BCUT2D eigenvalue weighted by Gasteiger charge is -2.25. The maximum Gasteiger partial charge on any atom is 0.246 e. The van der Waals surface area contributed by atoms with Gasteiger partial charge in [-0.05, 0) is 18.8 Å². The van der Waals surface area contributed by atoms with Crippen molar-refractivity contribution in [3.8, 4) is 0 Å². The highest BCUT2D eigenvalue weighted by atomic mass is 16.5. The van der Waals surface area contributed by atoms with E-state index in [0.717, 1.165) is 19.0 Å². The second-order valence-corrected chi connectivity index (χ2v) is 4.69. The van der Waals surface area contributed by atoms with E-state index in [1.165, 1.54) is 19.4 Å². The molecule has 14 heavy (non-hydrogen) atoms. The number of likely N-dealkylation sites (tertiary alicyclic amines) is 1. The van der Waals surface area contributed by atoms with Crippen molar-refractivity contribution in [1.29, 1.82) is 0 Å². The van der Waals surface area contributed by atoms with Gasteiger partial charge in [0.15, 0.2) is 0 Å². The lowest BCUT2D eigenvalue weighted by atomic mass is 10.2. The molecular weight excluding hydrogens is 180 g/mol. The number of amides is 1. The number of morpholine rings is 1. The van der Waals surface area contributed by atoms with Gasteiger partial charge < -0.3 is 10.1 Å². The summed E-state index contributed by atoms with van der Waals surface area (Å²) in [4.78, 5) is 13.5. The van der Waals surface area contributed by atoms with Crippen molar-refractivity contribution in [3.05, 3.63) is 0 Å². The van der Waals surface area contributed by atoms with E-state index >= 15 is 0 Å². The molecule has 3 aliphatic rings. The van der Waals surface area contributed by atoms with Crippen LogP contribution in [0.3, 0.4) is 0 Å². The maximum absolute atomic E-state index is 11.1. The molecule has 1 saturated carbocycles. The SMILES string of the molecule is O=C1CO[C@H]2CN(CC3CC3)C[C@H]2N1. The van der Waals surface area contributed by atoms with Gasteiger partial charge in [-0.2, -0.15) is 0 Å². The molecule has 4 nitrogen and oxygen atoms in total. The van der Waals surface area contributed by atoms with Crippen molar-refractivity contribution in [2.45, 2.75) is 25.0 Å². The highest BCUT2D eigenvalue weighted by Crippen LogP contribution is 2.31. The zero-order valence-electron chi connectivity index (χ0n) is 8.24. The van der Waals surface area contributed by atoms with Crippen LogP contribution in [0.25, 0.3) is 0 Å². The molecule has 1 aliphatic carbocycles. The first-order valence-corrected chi connectivity index (χ1v) is 5.44. The highest BCUT2D eigenvalue weighted by molar-refractivity contribution is 5.78. The molecule has 78 valence electrons. The number of hydrogen-bond donors (Lipinski definition) is 1. The first-order chi connectivity index (χ1) is 6.81. The van der Waals surface area contributed by atoms with Crippen LogP contribution < -0.4 is 5.32 Å². The van der Waals surface area contributed by atoms with Gasteiger partial charge in [-0.3, -0.25) is 9.69 Å². The van der Waals surface area contributed by atoms with Crippen LogP contribution in [0, 0.1) is 5.92 Å². The summed E-state index contributed by atoms with van der Waals surface area (Å²) in [5.74, 6) is 0.963. The molecule has 0 aromatic carbocycles. The fourth-order valence-electron chi connectivity index (χ4n) is 2.41. The van der Waals surface area contributed by atoms with E-state index in [2.05, 4.69) is 10.2 Å². The summed E-state index contributed by atoms with van der Waals surface area (Å²) in [6.45, 7) is 3.43. The molecule has 2 saturated heterocycles. The van der Waals surface area contributed by atoms with Crippen LogP contribution in [0.4, 0.5) is 0 Å². The average molecular weight is 196 g/mol. The molecular formula is C10H16N2O2. The van der Waals surface area contributed by atoms with Crippen molar-refractivity contribution in [3.63, 3.8) is 0 Å². The van der Waals surface area contributed by atoms with E-state index in [0.29, 0.717) is 0 Å². The Morgan fingerprint density at radius 3 is 3.07 bits per heavy atom. The van der Waals surface area contributed by atoms with Gasteiger partial charge in [0.2, 0.25) is 5.91 Å². The summed E-state index contributed by atoms with van der Waals surface area (Å²) in [6, 6.07) is 0.245. The molecule has 3 rings (SSSR count). The summed E-state index contributed by atoms with van der Waals surface area (Å²) in [5, 5.41) is 3.00. The number of hydrogen-bond acceptors (Lipinski definition) is 3. The third kappa shape index (κ3) is 1.64. The smallest absolute Gasteiger partial charge is 0.246 e. The Bertz CT molecular complexity index is 253. The quantitative estimate of drug-likeness (QED) is 0.653. The Balaban J connectivity index is 1.58. The Kier molecular flexibility index (Phi) is 1.99. The number of carbonyl (C=O) groups is 1. The summed E-state index contributed by atoms with van der Waals surface area (Å²) >= 11 is 0. The molecule has 0 spiro atoms. The monoisotopic (exact) mass is 196 g/mol. The Morgan fingerprint density at radius 1 is 1.43 bits per heavy atom. The lowest BCUT2D eigenvalue weighted by Crippen LogP contribution is -2.50. The zero-order chi connectivity index (χ0) is 9.54. The zero-order valence-corrected chi connectivity index (χ0v) is 8.24. The van der Waals surface area contributed by atoms with E-state index in [1.54, 1.807) is 0 Å². The minimum atomic E-state index is 0.0412. The maximum atomic E-state index is 11.1. The number of rotatable bonds is 2. The Labute approximate surface area is 83.6 Å². The second-order valence-electron chi connectivity index (χ2n) is 4.69. The summed E-state index contributed by atoms with van der Waals surface area (Å²) in [6.07, 6.45) is 3.02. The van der Waals surface area contributed by atoms with Crippen molar-refractivity contribution in [2.75, 3.05) is 26.2 Å². The number of nitrogens with one attached hydrogen (secondary N) is 1. The standard InChI is InChI=1S/C10H16N2O2/c13-10-6-14-9-5-12(3-7-1-2-7)4-8(9)11-10/h7-9H,1-6H2,(H,11,13)/t8-,9+/m1/s1. The fraction of sp³-hybridized carbons (Fsp3) is 0.900. The highest BCUT2D eigenvalue weighted by Gasteiger charge is 2.39. The predicted octanol–water partition coefficient (Wildman–Crippen LogP) is -0.404. The number of fused-ring (bicyclic) bond motifs is 1. The molecule has 0 aromatic rings. The Morgan fingerprint density at radius 2 is 2.29 bits per heavy atom. The molecule has 0 bridgehead atoms. The van der Waals surface area contributed by atoms with Crippen LogP contribution in [0.15, 0.2) is 0 Å². The van der Waals surface area contributed by atoms with E-state index in [4.69, 9.17) is 4.74 Å². The van der Waals surface area contributed by atoms with Crippen LogP contribution in [-0.4, -0.2) is 49.2 Å². The van der Waals surface area contributed by atoms with Crippen LogP contribution in [0.1, 0.15) is 12.8 Å². The summed E-state index contributed by atoms with van der Waals surface area (Å²) in [7, 11) is 0. The topological polar surface area (TPSA) is 41.6 Å². The first-order valence-electron chi connectivity index (χ1n) is 5.44. The normalized spacial score (nSPS) is 38.1. The van der Waals surface area contributed by atoms with Crippen LogP contribution >= 0.6 is 0 Å². The van der Waals surface area contributed by atoms with Crippen molar-refractivity contribution >= 4 is 5.91 Å².